The third-order valence-corrected chi connectivity index (χ3v) is 4.34. The Balaban J connectivity index is 2.08. The number of nitrogens with one attached hydrogen (secondary N) is 1. The molecule has 3 N–H and O–H groups in total. The van der Waals surface area contributed by atoms with E-state index in [0.29, 0.717) is 10.7 Å². The zero-order valence-electron chi connectivity index (χ0n) is 9.96. The van der Waals surface area contributed by atoms with Crippen LogP contribution in [0.4, 0.5) is 5.69 Å². The van der Waals surface area contributed by atoms with Gasteiger partial charge in [-0.3, -0.25) is 4.79 Å². The number of amides is 1. The Hall–Kier alpha value is -0.330. The molecular formula is C13H16ClIN2O. The van der Waals surface area contributed by atoms with Crippen molar-refractivity contribution in [3.8, 4) is 0 Å². The Morgan fingerprint density at radius 2 is 2.11 bits per heavy atom. The molecule has 0 spiro atoms. The minimum Gasteiger partial charge on any atom is -0.327 e. The molecule has 2 atom stereocenters. The fourth-order valence-corrected chi connectivity index (χ4v) is 2.96. The van der Waals surface area contributed by atoms with E-state index in [2.05, 4.69) is 27.9 Å². The summed E-state index contributed by atoms with van der Waals surface area (Å²) in [5.41, 5.74) is 6.68. The molecule has 1 aliphatic rings. The molecule has 5 heteroatoms. The summed E-state index contributed by atoms with van der Waals surface area (Å²) in [5, 5.41) is 3.46. The molecule has 2 unspecified atom stereocenters. The van der Waals surface area contributed by atoms with Gasteiger partial charge in [-0.25, -0.2) is 0 Å². The number of hydrogen-bond donors (Lipinski definition) is 2. The zero-order chi connectivity index (χ0) is 13.1. The van der Waals surface area contributed by atoms with Gasteiger partial charge in [0.05, 0.1) is 16.6 Å². The van der Waals surface area contributed by atoms with E-state index in [1.54, 1.807) is 6.07 Å². The molecule has 3 nitrogen and oxygen atoms in total. The first-order valence-electron chi connectivity index (χ1n) is 6.09. The first-order chi connectivity index (χ1) is 8.58. The van der Waals surface area contributed by atoms with E-state index >= 15 is 0 Å². The van der Waals surface area contributed by atoms with Gasteiger partial charge < -0.3 is 11.1 Å². The summed E-state index contributed by atoms with van der Waals surface area (Å²) in [6.07, 6.45) is 3.99. The lowest BCUT2D eigenvalue weighted by Crippen LogP contribution is -2.40. The van der Waals surface area contributed by atoms with Gasteiger partial charge >= 0.3 is 0 Å². The molecular weight excluding hydrogens is 363 g/mol. The smallest absolute Gasteiger partial charge is 0.229 e. The van der Waals surface area contributed by atoms with Crippen molar-refractivity contribution in [2.45, 2.75) is 31.7 Å². The van der Waals surface area contributed by atoms with Gasteiger partial charge in [0.1, 0.15) is 0 Å². The van der Waals surface area contributed by atoms with Gasteiger partial charge in [0.2, 0.25) is 5.91 Å². The Bertz CT molecular complexity index is 453. The average Bonchev–Trinajstić information content (AvgIpc) is 2.34. The minimum absolute atomic E-state index is 0.00824. The lowest BCUT2D eigenvalue weighted by Gasteiger charge is -2.27. The van der Waals surface area contributed by atoms with Crippen LogP contribution in [0.15, 0.2) is 18.2 Å². The summed E-state index contributed by atoms with van der Waals surface area (Å²) in [6, 6.07) is 5.54. The van der Waals surface area contributed by atoms with Gasteiger partial charge in [0.15, 0.2) is 0 Å². The third-order valence-electron chi connectivity index (χ3n) is 3.34. The maximum Gasteiger partial charge on any atom is 0.229 e. The standard InChI is InChI=1S/C13H16ClIN2O/c14-10-6-5-8(15)7-12(10)17-13(18)9-3-1-2-4-11(9)16/h5-7,9,11H,1-4,16H2,(H,17,18). The van der Waals surface area contributed by atoms with Crippen molar-refractivity contribution in [2.75, 3.05) is 5.32 Å². The van der Waals surface area contributed by atoms with E-state index in [1.807, 2.05) is 12.1 Å². The van der Waals surface area contributed by atoms with Gasteiger partial charge in [0, 0.05) is 9.61 Å². The fourth-order valence-electron chi connectivity index (χ4n) is 2.30. The van der Waals surface area contributed by atoms with E-state index in [1.165, 1.54) is 0 Å². The largest absolute Gasteiger partial charge is 0.327 e. The maximum atomic E-state index is 12.2. The number of carbonyl (C=O) groups excluding carboxylic acids is 1. The van der Waals surface area contributed by atoms with E-state index in [0.717, 1.165) is 29.3 Å². The lowest BCUT2D eigenvalue weighted by atomic mass is 9.84. The summed E-state index contributed by atoms with van der Waals surface area (Å²) in [7, 11) is 0. The quantitative estimate of drug-likeness (QED) is 0.775. The van der Waals surface area contributed by atoms with Crippen molar-refractivity contribution in [1.29, 1.82) is 0 Å². The predicted molar refractivity (Wildman–Crippen MR) is 82.7 cm³/mol. The van der Waals surface area contributed by atoms with Crippen molar-refractivity contribution in [3.63, 3.8) is 0 Å². The minimum atomic E-state index is -0.0901. The summed E-state index contributed by atoms with van der Waals surface area (Å²) in [6.45, 7) is 0. The number of nitrogens with two attached hydrogens (primary N) is 1. The van der Waals surface area contributed by atoms with Crippen LogP contribution in [0.1, 0.15) is 25.7 Å². The predicted octanol–water partition coefficient (Wildman–Crippen LogP) is 3.40. The van der Waals surface area contributed by atoms with Crippen molar-refractivity contribution in [2.24, 2.45) is 11.7 Å². The highest BCUT2D eigenvalue weighted by Crippen LogP contribution is 2.27. The highest BCUT2D eigenvalue weighted by Gasteiger charge is 2.28. The van der Waals surface area contributed by atoms with Gasteiger partial charge in [-0.05, 0) is 53.6 Å². The molecule has 1 saturated carbocycles. The van der Waals surface area contributed by atoms with Crippen molar-refractivity contribution >= 4 is 45.8 Å². The van der Waals surface area contributed by atoms with Crippen LogP contribution in [0.3, 0.4) is 0 Å². The summed E-state index contributed by atoms with van der Waals surface area (Å²) in [5.74, 6) is -0.0983. The van der Waals surface area contributed by atoms with E-state index in [4.69, 9.17) is 17.3 Å². The Morgan fingerprint density at radius 3 is 2.83 bits per heavy atom. The molecule has 1 aliphatic carbocycles. The Kier molecular flexibility index (Phi) is 4.86. The molecule has 2 rings (SSSR count). The molecule has 1 aromatic carbocycles. The molecule has 18 heavy (non-hydrogen) atoms. The molecule has 1 fully saturated rings. The first kappa shape index (κ1) is 14.1. The number of carbonyl (C=O) groups is 1. The van der Waals surface area contributed by atoms with Crippen LogP contribution < -0.4 is 11.1 Å². The molecule has 0 aliphatic heterocycles. The van der Waals surface area contributed by atoms with E-state index in [9.17, 15) is 4.79 Å². The number of rotatable bonds is 2. The summed E-state index contributed by atoms with van der Waals surface area (Å²) < 4.78 is 1.04. The third kappa shape index (κ3) is 3.36. The second-order valence-corrected chi connectivity index (χ2v) is 6.32. The molecule has 0 heterocycles. The SMILES string of the molecule is NC1CCCCC1C(=O)Nc1cc(I)ccc1Cl. The van der Waals surface area contributed by atoms with Crippen molar-refractivity contribution in [3.05, 3.63) is 26.8 Å². The van der Waals surface area contributed by atoms with Crippen LogP contribution in [-0.2, 0) is 4.79 Å². The molecule has 1 amide bonds. The van der Waals surface area contributed by atoms with Gasteiger partial charge in [-0.15, -0.1) is 0 Å². The summed E-state index contributed by atoms with van der Waals surface area (Å²) in [4.78, 5) is 12.2. The number of anilines is 1. The molecule has 0 radical (unpaired) electrons. The average molecular weight is 379 g/mol. The Morgan fingerprint density at radius 1 is 1.39 bits per heavy atom. The van der Waals surface area contributed by atoms with Crippen LogP contribution in [0, 0.1) is 9.49 Å². The molecule has 1 aromatic rings. The van der Waals surface area contributed by atoms with Crippen molar-refractivity contribution < 1.29 is 4.79 Å². The Labute approximate surface area is 126 Å². The molecule has 0 bridgehead atoms. The van der Waals surface area contributed by atoms with Gasteiger partial charge in [0.25, 0.3) is 0 Å². The lowest BCUT2D eigenvalue weighted by molar-refractivity contribution is -0.121. The van der Waals surface area contributed by atoms with Crippen LogP contribution in [-0.4, -0.2) is 11.9 Å². The number of benzene rings is 1. The highest BCUT2D eigenvalue weighted by molar-refractivity contribution is 14.1. The monoisotopic (exact) mass is 378 g/mol. The molecule has 98 valence electrons. The van der Waals surface area contributed by atoms with Gasteiger partial charge in [-0.2, -0.15) is 0 Å². The van der Waals surface area contributed by atoms with Crippen LogP contribution in [0.25, 0.3) is 0 Å². The topological polar surface area (TPSA) is 55.1 Å². The molecule has 0 saturated heterocycles. The maximum absolute atomic E-state index is 12.2. The van der Waals surface area contributed by atoms with Crippen LogP contribution in [0.2, 0.25) is 5.02 Å². The van der Waals surface area contributed by atoms with E-state index < -0.39 is 0 Å². The first-order valence-corrected chi connectivity index (χ1v) is 7.55. The fraction of sp³-hybridized carbons (Fsp3) is 0.462. The number of hydrogen-bond acceptors (Lipinski definition) is 2. The van der Waals surface area contributed by atoms with Crippen LogP contribution >= 0.6 is 34.2 Å². The van der Waals surface area contributed by atoms with Crippen molar-refractivity contribution in [1.82, 2.24) is 0 Å². The second-order valence-electron chi connectivity index (χ2n) is 4.67. The highest BCUT2D eigenvalue weighted by atomic mass is 127. The second kappa shape index (κ2) is 6.21. The van der Waals surface area contributed by atoms with Crippen LogP contribution in [0.5, 0.6) is 0 Å². The van der Waals surface area contributed by atoms with Gasteiger partial charge in [-0.1, -0.05) is 24.4 Å². The summed E-state index contributed by atoms with van der Waals surface area (Å²) >= 11 is 8.26. The molecule has 0 aromatic heterocycles. The number of halogens is 2. The van der Waals surface area contributed by atoms with E-state index in [-0.39, 0.29) is 17.9 Å². The zero-order valence-corrected chi connectivity index (χ0v) is 12.9. The normalized spacial score (nSPS) is 23.7.